The van der Waals surface area contributed by atoms with Crippen LogP contribution in [0.2, 0.25) is 0 Å². The molecule has 0 radical (unpaired) electrons. The van der Waals surface area contributed by atoms with E-state index in [4.69, 9.17) is 4.74 Å². The number of hydrogen-bond acceptors (Lipinski definition) is 4. The summed E-state index contributed by atoms with van der Waals surface area (Å²) in [5.74, 6) is -0.0801. The average Bonchev–Trinajstić information content (AvgIpc) is 2.63. The molecule has 5 nitrogen and oxygen atoms in total. The summed E-state index contributed by atoms with van der Waals surface area (Å²) in [6.07, 6.45) is 3.39. The molecule has 23 heavy (non-hydrogen) atoms. The number of nitrogens with one attached hydrogen (secondary N) is 1. The van der Waals surface area contributed by atoms with Crippen molar-refractivity contribution in [2.45, 2.75) is 0 Å². The number of aromatic nitrogens is 1. The van der Waals surface area contributed by atoms with Gasteiger partial charge in [-0.1, -0.05) is 30.3 Å². The molecule has 0 atom stereocenters. The first-order valence-corrected chi connectivity index (χ1v) is 7.92. The Morgan fingerprint density at radius 2 is 1.91 bits per heavy atom. The van der Waals surface area contributed by atoms with E-state index >= 15 is 0 Å². The molecular weight excluding hydrogens is 290 g/mol. The molecule has 0 bridgehead atoms. The van der Waals surface area contributed by atoms with Gasteiger partial charge >= 0.3 is 0 Å². The summed E-state index contributed by atoms with van der Waals surface area (Å²) < 4.78 is 5.31. The van der Waals surface area contributed by atoms with Crippen LogP contribution in [-0.4, -0.2) is 55.2 Å². The minimum Gasteiger partial charge on any atom is -0.379 e. The number of pyridine rings is 1. The number of carbonyl (C=O) groups is 1. The van der Waals surface area contributed by atoms with Gasteiger partial charge in [0.15, 0.2) is 0 Å². The number of ether oxygens (including phenoxy) is 1. The van der Waals surface area contributed by atoms with E-state index < -0.39 is 0 Å². The lowest BCUT2D eigenvalue weighted by Gasteiger charge is -2.26. The fourth-order valence-electron chi connectivity index (χ4n) is 2.61. The lowest BCUT2D eigenvalue weighted by atomic mass is 10.1. The summed E-state index contributed by atoms with van der Waals surface area (Å²) in [6.45, 7) is 4.89. The predicted molar refractivity (Wildman–Crippen MR) is 89.3 cm³/mol. The minimum atomic E-state index is -0.0801. The van der Waals surface area contributed by atoms with Crippen molar-refractivity contribution in [3.63, 3.8) is 0 Å². The van der Waals surface area contributed by atoms with Gasteiger partial charge in [-0.15, -0.1) is 0 Å². The standard InChI is InChI=1S/C18H21N3O2/c22-18(20-6-7-21-8-10-23-11-9-21)17-12-16(13-19-14-17)15-4-2-1-3-5-15/h1-5,12-14H,6-11H2,(H,20,22). The smallest absolute Gasteiger partial charge is 0.252 e. The summed E-state index contributed by atoms with van der Waals surface area (Å²) in [6, 6.07) is 11.8. The van der Waals surface area contributed by atoms with E-state index in [2.05, 4.69) is 15.2 Å². The SMILES string of the molecule is O=C(NCCN1CCOCC1)c1cncc(-c2ccccc2)c1. The molecule has 120 valence electrons. The molecule has 5 heteroatoms. The molecular formula is C18H21N3O2. The highest BCUT2D eigenvalue weighted by atomic mass is 16.5. The van der Waals surface area contributed by atoms with E-state index in [0.717, 1.165) is 44.0 Å². The van der Waals surface area contributed by atoms with Crippen LogP contribution in [0.4, 0.5) is 0 Å². The highest BCUT2D eigenvalue weighted by Gasteiger charge is 2.11. The van der Waals surface area contributed by atoms with Crippen molar-refractivity contribution in [2.75, 3.05) is 39.4 Å². The van der Waals surface area contributed by atoms with Crippen molar-refractivity contribution in [1.29, 1.82) is 0 Å². The summed E-state index contributed by atoms with van der Waals surface area (Å²) in [5, 5.41) is 2.96. The number of rotatable bonds is 5. The molecule has 0 unspecified atom stereocenters. The van der Waals surface area contributed by atoms with Crippen LogP contribution >= 0.6 is 0 Å². The van der Waals surface area contributed by atoms with Crippen LogP contribution in [0, 0.1) is 0 Å². The van der Waals surface area contributed by atoms with Crippen molar-refractivity contribution < 1.29 is 9.53 Å². The normalized spacial score (nSPS) is 15.3. The van der Waals surface area contributed by atoms with Crippen LogP contribution in [-0.2, 0) is 4.74 Å². The van der Waals surface area contributed by atoms with E-state index in [0.29, 0.717) is 12.1 Å². The lowest BCUT2D eigenvalue weighted by molar-refractivity contribution is 0.0383. The summed E-state index contributed by atoms with van der Waals surface area (Å²) >= 11 is 0. The van der Waals surface area contributed by atoms with Crippen LogP contribution in [0.25, 0.3) is 11.1 Å². The molecule has 1 aliphatic rings. The topological polar surface area (TPSA) is 54.5 Å². The zero-order valence-electron chi connectivity index (χ0n) is 13.1. The summed E-state index contributed by atoms with van der Waals surface area (Å²) in [7, 11) is 0. The maximum atomic E-state index is 12.3. The third kappa shape index (κ3) is 4.37. The van der Waals surface area contributed by atoms with Gasteiger partial charge in [0.25, 0.3) is 5.91 Å². The highest BCUT2D eigenvalue weighted by Crippen LogP contribution is 2.18. The Kier molecular flexibility index (Phi) is 5.34. The van der Waals surface area contributed by atoms with E-state index in [9.17, 15) is 4.79 Å². The number of benzene rings is 1. The molecule has 1 N–H and O–H groups in total. The Hall–Kier alpha value is -2.24. The Balaban J connectivity index is 1.57. The van der Waals surface area contributed by atoms with E-state index in [1.165, 1.54) is 0 Å². The molecule has 1 aromatic heterocycles. The van der Waals surface area contributed by atoms with Gasteiger partial charge in [-0.05, 0) is 11.6 Å². The summed E-state index contributed by atoms with van der Waals surface area (Å²) in [5.41, 5.74) is 2.60. The predicted octanol–water partition coefficient (Wildman–Crippen LogP) is 1.81. The first kappa shape index (κ1) is 15.6. The van der Waals surface area contributed by atoms with Gasteiger partial charge in [0, 0.05) is 44.1 Å². The number of carbonyl (C=O) groups excluding carboxylic acids is 1. The van der Waals surface area contributed by atoms with Crippen LogP contribution < -0.4 is 5.32 Å². The van der Waals surface area contributed by atoms with E-state index in [1.54, 1.807) is 12.4 Å². The maximum Gasteiger partial charge on any atom is 0.252 e. The Morgan fingerprint density at radius 1 is 1.13 bits per heavy atom. The third-order valence-corrected chi connectivity index (χ3v) is 3.92. The van der Waals surface area contributed by atoms with Gasteiger partial charge in [-0.3, -0.25) is 14.7 Å². The Labute approximate surface area is 136 Å². The van der Waals surface area contributed by atoms with Crippen molar-refractivity contribution in [1.82, 2.24) is 15.2 Å². The molecule has 1 amide bonds. The molecule has 0 aliphatic carbocycles. The van der Waals surface area contributed by atoms with Crippen molar-refractivity contribution in [3.05, 3.63) is 54.4 Å². The van der Waals surface area contributed by atoms with Crippen LogP contribution in [0.1, 0.15) is 10.4 Å². The highest BCUT2D eigenvalue weighted by molar-refractivity contribution is 5.95. The first-order chi connectivity index (χ1) is 11.3. The molecule has 0 saturated carbocycles. The number of morpholine rings is 1. The quantitative estimate of drug-likeness (QED) is 0.915. The fraction of sp³-hybridized carbons (Fsp3) is 0.333. The lowest BCUT2D eigenvalue weighted by Crippen LogP contribution is -2.41. The Morgan fingerprint density at radius 3 is 2.70 bits per heavy atom. The second-order valence-corrected chi connectivity index (χ2v) is 5.54. The zero-order chi connectivity index (χ0) is 15.9. The number of nitrogens with zero attached hydrogens (tertiary/aromatic N) is 2. The molecule has 1 saturated heterocycles. The van der Waals surface area contributed by atoms with Gasteiger partial charge in [-0.25, -0.2) is 0 Å². The van der Waals surface area contributed by atoms with Crippen LogP contribution in [0.5, 0.6) is 0 Å². The van der Waals surface area contributed by atoms with Gasteiger partial charge in [0.1, 0.15) is 0 Å². The van der Waals surface area contributed by atoms with Crippen molar-refractivity contribution >= 4 is 5.91 Å². The fourth-order valence-corrected chi connectivity index (χ4v) is 2.61. The summed E-state index contributed by atoms with van der Waals surface area (Å²) in [4.78, 5) is 18.8. The minimum absolute atomic E-state index is 0.0801. The first-order valence-electron chi connectivity index (χ1n) is 7.92. The monoisotopic (exact) mass is 311 g/mol. The molecule has 1 aliphatic heterocycles. The second-order valence-electron chi connectivity index (χ2n) is 5.54. The van der Waals surface area contributed by atoms with Crippen LogP contribution in [0.15, 0.2) is 48.8 Å². The number of amides is 1. The molecule has 2 heterocycles. The van der Waals surface area contributed by atoms with Gasteiger partial charge in [0.2, 0.25) is 0 Å². The average molecular weight is 311 g/mol. The second kappa shape index (κ2) is 7.85. The van der Waals surface area contributed by atoms with Crippen LogP contribution in [0.3, 0.4) is 0 Å². The van der Waals surface area contributed by atoms with Gasteiger partial charge < -0.3 is 10.1 Å². The molecule has 2 aromatic rings. The largest absolute Gasteiger partial charge is 0.379 e. The molecule has 3 rings (SSSR count). The maximum absolute atomic E-state index is 12.3. The number of hydrogen-bond donors (Lipinski definition) is 1. The molecule has 1 fully saturated rings. The van der Waals surface area contributed by atoms with E-state index in [-0.39, 0.29) is 5.91 Å². The van der Waals surface area contributed by atoms with Crippen molar-refractivity contribution in [3.8, 4) is 11.1 Å². The zero-order valence-corrected chi connectivity index (χ0v) is 13.1. The van der Waals surface area contributed by atoms with Gasteiger partial charge in [-0.2, -0.15) is 0 Å². The molecule has 1 aromatic carbocycles. The third-order valence-electron chi connectivity index (χ3n) is 3.92. The Bertz CT molecular complexity index is 640. The van der Waals surface area contributed by atoms with Gasteiger partial charge in [0.05, 0.1) is 18.8 Å². The van der Waals surface area contributed by atoms with Crippen molar-refractivity contribution in [2.24, 2.45) is 0 Å². The van der Waals surface area contributed by atoms with E-state index in [1.807, 2.05) is 36.4 Å². The molecule has 0 spiro atoms.